The molecule has 1 aliphatic rings. The van der Waals surface area contributed by atoms with Crippen LogP contribution in [0.4, 0.5) is 0 Å². The van der Waals surface area contributed by atoms with E-state index in [2.05, 4.69) is 50.2 Å². The van der Waals surface area contributed by atoms with Crippen LogP contribution in [0.1, 0.15) is 22.0 Å². The van der Waals surface area contributed by atoms with Crippen molar-refractivity contribution in [2.24, 2.45) is 0 Å². The Balaban J connectivity index is 1.57. The van der Waals surface area contributed by atoms with Crippen LogP contribution < -0.4 is 5.32 Å². The molecule has 0 saturated heterocycles. The van der Waals surface area contributed by atoms with E-state index in [0.29, 0.717) is 0 Å². The minimum Gasteiger partial charge on any atom is -0.311 e. The van der Waals surface area contributed by atoms with E-state index in [1.807, 2.05) is 0 Å². The van der Waals surface area contributed by atoms with Gasteiger partial charge in [-0.05, 0) is 12.0 Å². The molecule has 0 amide bonds. The molecule has 0 aliphatic carbocycles. The van der Waals surface area contributed by atoms with Crippen LogP contribution in [0.15, 0.2) is 30.3 Å². The third-order valence-corrected chi connectivity index (χ3v) is 4.79. The maximum atomic E-state index is 4.69. The first-order chi connectivity index (χ1) is 9.90. The fourth-order valence-corrected chi connectivity index (χ4v) is 3.76. The molecule has 0 saturated carbocycles. The number of hydrogen-bond acceptors (Lipinski definition) is 4. The normalized spacial score (nSPS) is 14.6. The Morgan fingerprint density at radius 1 is 1.20 bits per heavy atom. The van der Waals surface area contributed by atoms with Crippen LogP contribution in [0.2, 0.25) is 0 Å². The topological polar surface area (TPSA) is 42.2 Å². The molecule has 1 aromatic carbocycles. The molecule has 0 fully saturated rings. The monoisotopic (exact) mass is 284 g/mol. The van der Waals surface area contributed by atoms with Crippen molar-refractivity contribution in [1.29, 1.82) is 0 Å². The zero-order valence-corrected chi connectivity index (χ0v) is 12.0. The molecule has 3 aromatic rings. The maximum Gasteiger partial charge on any atom is 0.212 e. The Kier molecular flexibility index (Phi) is 3.01. The summed E-state index contributed by atoms with van der Waals surface area (Å²) in [5.74, 6) is 0.960. The van der Waals surface area contributed by atoms with Gasteiger partial charge in [-0.1, -0.05) is 41.7 Å². The molecule has 3 heterocycles. The van der Waals surface area contributed by atoms with Crippen molar-refractivity contribution in [3.63, 3.8) is 0 Å². The van der Waals surface area contributed by atoms with Crippen LogP contribution in [-0.4, -0.2) is 21.1 Å². The molecule has 102 valence electrons. The molecule has 2 aromatic heterocycles. The van der Waals surface area contributed by atoms with Crippen LogP contribution in [0.25, 0.3) is 4.96 Å². The minimum atomic E-state index is 0.908. The van der Waals surface area contributed by atoms with E-state index < -0.39 is 0 Å². The highest BCUT2D eigenvalue weighted by molar-refractivity contribution is 7.17. The van der Waals surface area contributed by atoms with Crippen LogP contribution in [0.5, 0.6) is 0 Å². The van der Waals surface area contributed by atoms with Gasteiger partial charge in [-0.2, -0.15) is 5.10 Å². The Labute approximate surface area is 121 Å². The van der Waals surface area contributed by atoms with Crippen LogP contribution in [-0.2, 0) is 25.8 Å². The molecule has 1 aliphatic heterocycles. The molecule has 5 heteroatoms. The van der Waals surface area contributed by atoms with Gasteiger partial charge in [0.25, 0.3) is 0 Å². The van der Waals surface area contributed by atoms with Gasteiger partial charge in [0.05, 0.1) is 5.69 Å². The average molecular weight is 284 g/mol. The summed E-state index contributed by atoms with van der Waals surface area (Å²) in [4.78, 5) is 7.11. The number of nitrogens with one attached hydrogen (secondary N) is 1. The number of aromatic nitrogens is 3. The number of rotatable bonds is 3. The first-order valence-corrected chi connectivity index (χ1v) is 7.82. The minimum absolute atomic E-state index is 0.908. The SMILES string of the molecule is c1ccc(CCc2nc3sc4c(n3n2)CCNC4)cc1. The third-order valence-electron chi connectivity index (χ3n) is 3.72. The molecule has 0 bridgehead atoms. The summed E-state index contributed by atoms with van der Waals surface area (Å²) in [5, 5.41) is 8.08. The van der Waals surface area contributed by atoms with E-state index in [0.717, 1.165) is 43.1 Å². The second-order valence-electron chi connectivity index (χ2n) is 5.11. The van der Waals surface area contributed by atoms with E-state index in [1.165, 1.54) is 16.1 Å². The number of thiazole rings is 1. The van der Waals surface area contributed by atoms with E-state index in [-0.39, 0.29) is 0 Å². The summed E-state index contributed by atoms with van der Waals surface area (Å²) in [5.41, 5.74) is 2.69. The largest absolute Gasteiger partial charge is 0.311 e. The van der Waals surface area contributed by atoms with Crippen molar-refractivity contribution in [2.45, 2.75) is 25.8 Å². The average Bonchev–Trinajstić information content (AvgIpc) is 3.03. The van der Waals surface area contributed by atoms with Gasteiger partial charge < -0.3 is 5.32 Å². The van der Waals surface area contributed by atoms with E-state index >= 15 is 0 Å². The molecule has 0 radical (unpaired) electrons. The lowest BCUT2D eigenvalue weighted by Crippen LogP contribution is -2.23. The van der Waals surface area contributed by atoms with Gasteiger partial charge in [0.1, 0.15) is 0 Å². The molecule has 20 heavy (non-hydrogen) atoms. The highest BCUT2D eigenvalue weighted by atomic mass is 32.1. The van der Waals surface area contributed by atoms with Crippen molar-refractivity contribution in [3.8, 4) is 0 Å². The van der Waals surface area contributed by atoms with Crippen molar-refractivity contribution in [2.75, 3.05) is 6.54 Å². The molecule has 4 rings (SSSR count). The van der Waals surface area contributed by atoms with Gasteiger partial charge in [0.15, 0.2) is 5.82 Å². The van der Waals surface area contributed by atoms with E-state index in [1.54, 1.807) is 11.3 Å². The second-order valence-corrected chi connectivity index (χ2v) is 6.17. The Bertz CT molecular complexity index is 729. The van der Waals surface area contributed by atoms with Gasteiger partial charge >= 0.3 is 0 Å². The fourth-order valence-electron chi connectivity index (χ4n) is 2.67. The molecular weight excluding hydrogens is 268 g/mol. The number of nitrogens with zero attached hydrogens (tertiary/aromatic N) is 3. The summed E-state index contributed by atoms with van der Waals surface area (Å²) in [6.07, 6.45) is 2.96. The van der Waals surface area contributed by atoms with Crippen LogP contribution in [0.3, 0.4) is 0 Å². The van der Waals surface area contributed by atoms with Gasteiger partial charge in [-0.3, -0.25) is 0 Å². The maximum absolute atomic E-state index is 4.69. The first kappa shape index (κ1) is 12.1. The Morgan fingerprint density at radius 3 is 3.00 bits per heavy atom. The zero-order chi connectivity index (χ0) is 13.4. The van der Waals surface area contributed by atoms with E-state index in [4.69, 9.17) is 0 Å². The number of fused-ring (bicyclic) bond motifs is 3. The van der Waals surface area contributed by atoms with Gasteiger partial charge in [-0.15, -0.1) is 0 Å². The lowest BCUT2D eigenvalue weighted by atomic mass is 10.1. The van der Waals surface area contributed by atoms with Crippen LogP contribution >= 0.6 is 11.3 Å². The summed E-state index contributed by atoms with van der Waals surface area (Å²) in [6, 6.07) is 10.5. The molecule has 0 spiro atoms. The van der Waals surface area contributed by atoms with Crippen LogP contribution in [0, 0.1) is 0 Å². The summed E-state index contributed by atoms with van der Waals surface area (Å²) in [6.45, 7) is 2.00. The van der Waals surface area contributed by atoms with Crippen molar-refractivity contribution >= 4 is 16.3 Å². The molecule has 0 unspecified atom stereocenters. The Morgan fingerprint density at radius 2 is 2.10 bits per heavy atom. The standard InChI is InChI=1S/C15H16N4S/c1-2-4-11(5-3-1)6-7-14-17-15-19(18-14)12-8-9-16-10-13(12)20-15/h1-5,16H,6-10H2. The molecule has 0 atom stereocenters. The lowest BCUT2D eigenvalue weighted by molar-refractivity contribution is 0.626. The highest BCUT2D eigenvalue weighted by Crippen LogP contribution is 2.24. The fraction of sp³-hybridized carbons (Fsp3) is 0.333. The van der Waals surface area contributed by atoms with Crippen molar-refractivity contribution in [3.05, 3.63) is 52.3 Å². The third kappa shape index (κ3) is 2.13. The zero-order valence-electron chi connectivity index (χ0n) is 11.2. The lowest BCUT2D eigenvalue weighted by Gasteiger charge is -2.11. The van der Waals surface area contributed by atoms with Gasteiger partial charge in [-0.25, -0.2) is 9.50 Å². The number of aryl methyl sites for hydroxylation is 2. The molecule has 4 nitrogen and oxygen atoms in total. The highest BCUT2D eigenvalue weighted by Gasteiger charge is 2.18. The Hall–Kier alpha value is -1.72. The predicted octanol–water partition coefficient (Wildman–Crippen LogP) is 2.22. The van der Waals surface area contributed by atoms with E-state index in [9.17, 15) is 0 Å². The van der Waals surface area contributed by atoms with Crippen molar-refractivity contribution in [1.82, 2.24) is 19.9 Å². The molecular formula is C15H16N4S. The summed E-state index contributed by atoms with van der Waals surface area (Å²) in [7, 11) is 0. The smallest absolute Gasteiger partial charge is 0.212 e. The first-order valence-electron chi connectivity index (χ1n) is 7.01. The summed E-state index contributed by atoms with van der Waals surface area (Å²) >= 11 is 1.77. The quantitative estimate of drug-likeness (QED) is 0.802. The second kappa shape index (κ2) is 5.00. The van der Waals surface area contributed by atoms with Gasteiger partial charge in [0, 0.05) is 30.8 Å². The number of benzene rings is 1. The van der Waals surface area contributed by atoms with Crippen molar-refractivity contribution < 1.29 is 0 Å². The summed E-state index contributed by atoms with van der Waals surface area (Å²) < 4.78 is 2.06. The number of hydrogen-bond donors (Lipinski definition) is 1. The predicted molar refractivity (Wildman–Crippen MR) is 80.1 cm³/mol. The van der Waals surface area contributed by atoms with Gasteiger partial charge in [0.2, 0.25) is 4.96 Å². The molecule has 1 N–H and O–H groups in total.